The van der Waals surface area contributed by atoms with Gasteiger partial charge in [-0.05, 0) is 107 Å². The molecule has 0 unspecified atom stereocenters. The topological polar surface area (TPSA) is 136 Å². The predicted octanol–water partition coefficient (Wildman–Crippen LogP) is 8.18. The molecule has 63 heavy (non-hydrogen) atoms. The SMILES string of the molecule is COc1ccc(CC(O)(Cc2ccc(OC)cc2)[C@H](NC(=O)CC(=O)N[C@H](c2ccccc2C)C(O)(Cc2ccc(OC)cc2)Cc2ccc(OC)cc2)c2ccccc2C)cc1. The van der Waals surface area contributed by atoms with Gasteiger partial charge in [-0.25, -0.2) is 0 Å². The number of methoxy groups -OCH3 is 4. The molecule has 10 heteroatoms. The van der Waals surface area contributed by atoms with Crippen LogP contribution in [0.3, 0.4) is 0 Å². The van der Waals surface area contributed by atoms with E-state index in [4.69, 9.17) is 18.9 Å². The molecule has 6 aromatic carbocycles. The van der Waals surface area contributed by atoms with Crippen molar-refractivity contribution in [3.05, 3.63) is 190 Å². The Labute approximate surface area is 370 Å². The molecule has 0 bridgehead atoms. The molecule has 0 aliphatic heterocycles. The van der Waals surface area contributed by atoms with Crippen LogP contribution in [0.1, 0.15) is 63.0 Å². The molecule has 2 amide bonds. The number of aryl methyl sites for hydroxylation is 2. The number of ether oxygens (including phenoxy) is 4. The van der Waals surface area contributed by atoms with Gasteiger partial charge in [-0.2, -0.15) is 0 Å². The molecule has 0 heterocycles. The Kier molecular flexibility index (Phi) is 15.3. The first kappa shape index (κ1) is 45.9. The van der Waals surface area contributed by atoms with Crippen molar-refractivity contribution in [1.82, 2.24) is 10.6 Å². The molecule has 328 valence electrons. The summed E-state index contributed by atoms with van der Waals surface area (Å²) in [6.07, 6.45) is 0.0650. The van der Waals surface area contributed by atoms with E-state index in [-0.39, 0.29) is 25.7 Å². The Bertz CT molecular complexity index is 2150. The van der Waals surface area contributed by atoms with Gasteiger partial charge in [-0.15, -0.1) is 0 Å². The van der Waals surface area contributed by atoms with Gasteiger partial charge < -0.3 is 39.8 Å². The van der Waals surface area contributed by atoms with Crippen molar-refractivity contribution in [2.75, 3.05) is 28.4 Å². The van der Waals surface area contributed by atoms with Crippen LogP contribution in [0.25, 0.3) is 0 Å². The minimum absolute atomic E-state index is 0.160. The monoisotopic (exact) mass is 850 g/mol. The second-order valence-corrected chi connectivity index (χ2v) is 16.2. The Balaban J connectivity index is 1.35. The zero-order valence-electron chi connectivity index (χ0n) is 36.9. The van der Waals surface area contributed by atoms with Gasteiger partial charge in [0.15, 0.2) is 0 Å². The first-order valence-electron chi connectivity index (χ1n) is 21.0. The van der Waals surface area contributed by atoms with Gasteiger partial charge in [0, 0.05) is 25.7 Å². The maximum absolute atomic E-state index is 14.4. The lowest BCUT2D eigenvalue weighted by Crippen LogP contribution is -2.52. The third kappa shape index (κ3) is 11.9. The predicted molar refractivity (Wildman–Crippen MR) is 245 cm³/mol. The molecule has 0 saturated carbocycles. The lowest BCUT2D eigenvalue weighted by atomic mass is 9.77. The first-order valence-corrected chi connectivity index (χ1v) is 21.0. The van der Waals surface area contributed by atoms with Crippen molar-refractivity contribution in [3.63, 3.8) is 0 Å². The molecule has 10 nitrogen and oxygen atoms in total. The molecule has 0 radical (unpaired) electrons. The fourth-order valence-corrected chi connectivity index (χ4v) is 8.32. The van der Waals surface area contributed by atoms with E-state index in [1.54, 1.807) is 28.4 Å². The molecule has 0 saturated heterocycles. The highest BCUT2D eigenvalue weighted by Gasteiger charge is 2.42. The molecule has 0 spiro atoms. The normalized spacial score (nSPS) is 12.4. The van der Waals surface area contributed by atoms with Crippen molar-refractivity contribution in [2.24, 2.45) is 0 Å². The van der Waals surface area contributed by atoms with E-state index in [0.717, 1.165) is 33.4 Å². The number of aliphatic hydroxyl groups is 2. The van der Waals surface area contributed by atoms with Crippen molar-refractivity contribution < 1.29 is 38.7 Å². The van der Waals surface area contributed by atoms with Crippen molar-refractivity contribution in [2.45, 2.75) is 69.2 Å². The Morgan fingerprint density at radius 2 is 0.698 bits per heavy atom. The smallest absolute Gasteiger partial charge is 0.230 e. The Morgan fingerprint density at radius 1 is 0.444 bits per heavy atom. The first-order chi connectivity index (χ1) is 30.3. The maximum atomic E-state index is 14.4. The number of benzene rings is 6. The number of carbonyl (C=O) groups excluding carboxylic acids is 2. The minimum atomic E-state index is -1.58. The van der Waals surface area contributed by atoms with Gasteiger partial charge in [-0.1, -0.05) is 97.1 Å². The van der Waals surface area contributed by atoms with Crippen LogP contribution < -0.4 is 29.6 Å². The summed E-state index contributed by atoms with van der Waals surface area (Å²) in [5.41, 5.74) is 3.28. The van der Waals surface area contributed by atoms with E-state index in [9.17, 15) is 19.8 Å². The summed E-state index contributed by atoms with van der Waals surface area (Å²) in [5, 5.41) is 32.3. The number of hydrogen-bond donors (Lipinski definition) is 4. The standard InChI is InChI=1S/C53H58N2O8/c1-36-11-7-9-13-46(36)50(52(58,32-38-15-23-42(60-3)24-16-38)33-39-17-25-43(61-4)26-18-39)54-48(56)31-49(57)55-51(47-14-10-8-12-37(47)2)53(59,34-40-19-27-44(62-5)28-20-40)35-41-21-29-45(63-6)30-22-41/h7-30,50-51,58-59H,31-35H2,1-6H3,(H,54,56)(H,55,57)/t50-,51-/m1/s1. The fourth-order valence-electron chi connectivity index (χ4n) is 8.32. The van der Waals surface area contributed by atoms with Crippen molar-refractivity contribution >= 4 is 11.8 Å². The summed E-state index contributed by atoms with van der Waals surface area (Å²) in [5.74, 6) is 1.52. The van der Waals surface area contributed by atoms with E-state index in [1.165, 1.54) is 0 Å². The molecular formula is C53H58N2O8. The summed E-state index contributed by atoms with van der Waals surface area (Å²) >= 11 is 0. The van der Waals surface area contributed by atoms with Crippen LogP contribution in [0.4, 0.5) is 0 Å². The average molecular weight is 851 g/mol. The van der Waals surface area contributed by atoms with E-state index >= 15 is 0 Å². The van der Waals surface area contributed by atoms with Gasteiger partial charge in [0.05, 0.1) is 51.7 Å². The summed E-state index contributed by atoms with van der Waals surface area (Å²) in [6.45, 7) is 3.86. The van der Waals surface area contributed by atoms with Crippen molar-refractivity contribution in [3.8, 4) is 23.0 Å². The molecule has 4 N–H and O–H groups in total. The fraction of sp³-hybridized carbons (Fsp3) is 0.283. The Hall–Kier alpha value is -6.62. The van der Waals surface area contributed by atoms with Crippen LogP contribution in [0.5, 0.6) is 23.0 Å². The highest BCUT2D eigenvalue weighted by Crippen LogP contribution is 2.37. The van der Waals surface area contributed by atoms with Gasteiger partial charge >= 0.3 is 0 Å². The molecule has 0 aliphatic carbocycles. The highest BCUT2D eigenvalue weighted by molar-refractivity contribution is 5.97. The van der Waals surface area contributed by atoms with E-state index in [0.29, 0.717) is 34.1 Å². The minimum Gasteiger partial charge on any atom is -0.497 e. The average Bonchev–Trinajstić information content (AvgIpc) is 3.29. The van der Waals surface area contributed by atoms with Gasteiger partial charge in [0.2, 0.25) is 11.8 Å². The molecule has 6 aromatic rings. The molecule has 0 aliphatic rings. The number of rotatable bonds is 20. The van der Waals surface area contributed by atoms with E-state index < -0.39 is 41.5 Å². The summed E-state index contributed by atoms with van der Waals surface area (Å²) in [4.78, 5) is 28.8. The van der Waals surface area contributed by atoms with Gasteiger partial charge in [0.1, 0.15) is 29.4 Å². The number of nitrogens with one attached hydrogen (secondary N) is 2. The lowest BCUT2D eigenvalue weighted by Gasteiger charge is -2.39. The number of hydrogen-bond acceptors (Lipinski definition) is 8. The maximum Gasteiger partial charge on any atom is 0.230 e. The number of carbonyl (C=O) groups is 2. The highest BCUT2D eigenvalue weighted by atomic mass is 16.5. The van der Waals surface area contributed by atoms with Crippen LogP contribution >= 0.6 is 0 Å². The third-order valence-electron chi connectivity index (χ3n) is 11.7. The zero-order valence-corrected chi connectivity index (χ0v) is 36.9. The molecule has 6 rings (SSSR count). The largest absolute Gasteiger partial charge is 0.497 e. The molecule has 2 atom stereocenters. The molecule has 0 aromatic heterocycles. The number of amides is 2. The molecule has 0 fully saturated rings. The summed E-state index contributed by atoms with van der Waals surface area (Å²) in [6, 6.07) is 43.2. The summed E-state index contributed by atoms with van der Waals surface area (Å²) in [7, 11) is 6.39. The van der Waals surface area contributed by atoms with Gasteiger partial charge in [0.25, 0.3) is 0 Å². The zero-order chi connectivity index (χ0) is 45.0. The van der Waals surface area contributed by atoms with E-state index in [2.05, 4.69) is 10.6 Å². The lowest BCUT2D eigenvalue weighted by molar-refractivity contribution is -0.133. The second kappa shape index (κ2) is 21.0. The van der Waals surface area contributed by atoms with Crippen LogP contribution in [-0.4, -0.2) is 61.7 Å². The van der Waals surface area contributed by atoms with Crippen LogP contribution in [-0.2, 0) is 35.3 Å². The third-order valence-corrected chi connectivity index (χ3v) is 11.7. The van der Waals surface area contributed by atoms with Crippen LogP contribution in [0.15, 0.2) is 146 Å². The van der Waals surface area contributed by atoms with Gasteiger partial charge in [-0.3, -0.25) is 9.59 Å². The van der Waals surface area contributed by atoms with Crippen LogP contribution in [0.2, 0.25) is 0 Å². The summed E-state index contributed by atoms with van der Waals surface area (Å²) < 4.78 is 21.6. The molecular weight excluding hydrogens is 793 g/mol. The van der Waals surface area contributed by atoms with E-state index in [1.807, 2.05) is 159 Å². The quantitative estimate of drug-likeness (QED) is 0.0566. The van der Waals surface area contributed by atoms with Crippen molar-refractivity contribution in [1.29, 1.82) is 0 Å². The Morgan fingerprint density at radius 3 is 0.937 bits per heavy atom. The van der Waals surface area contributed by atoms with Crippen LogP contribution in [0, 0.1) is 13.8 Å². The second-order valence-electron chi connectivity index (χ2n) is 16.2.